The molecule has 1 aromatic carbocycles. The van der Waals surface area contributed by atoms with Crippen molar-refractivity contribution in [1.82, 2.24) is 0 Å². The Kier molecular flexibility index (Phi) is 9.03. The number of para-hydroxylation sites is 2. The van der Waals surface area contributed by atoms with Crippen LogP contribution in [-0.4, -0.2) is 11.9 Å². The van der Waals surface area contributed by atoms with Crippen molar-refractivity contribution in [3.63, 3.8) is 0 Å². The van der Waals surface area contributed by atoms with E-state index in [1.54, 1.807) is 24.3 Å². The molecule has 0 aliphatic rings. The zero-order chi connectivity index (χ0) is 17.1. The Labute approximate surface area is 139 Å². The molecule has 0 amide bonds. The first kappa shape index (κ1) is 19.2. The van der Waals surface area contributed by atoms with Gasteiger partial charge < -0.3 is 9.47 Å². The van der Waals surface area contributed by atoms with E-state index in [2.05, 4.69) is 13.8 Å². The standard InChI is InChI=1S/C19H28O4/c1-4-7-12-18(20)22-16-10-8-9-11-17(16)23-19(21)14-13-15(5-2)6-3/h8-11,15H,4-7,12-14H2,1-3H3. The molecule has 0 radical (unpaired) electrons. The first-order chi connectivity index (χ1) is 11.1. The number of rotatable bonds is 10. The number of carbonyl (C=O) groups excluding carboxylic acids is 2. The summed E-state index contributed by atoms with van der Waals surface area (Å²) in [6.07, 6.45) is 5.42. The van der Waals surface area contributed by atoms with E-state index in [1.807, 2.05) is 6.92 Å². The number of esters is 2. The Balaban J connectivity index is 2.59. The van der Waals surface area contributed by atoms with E-state index >= 15 is 0 Å². The lowest BCUT2D eigenvalue weighted by Gasteiger charge is -2.13. The topological polar surface area (TPSA) is 52.6 Å². The van der Waals surface area contributed by atoms with Gasteiger partial charge in [-0.3, -0.25) is 9.59 Å². The summed E-state index contributed by atoms with van der Waals surface area (Å²) in [5.74, 6) is 0.586. The second kappa shape index (κ2) is 10.8. The summed E-state index contributed by atoms with van der Waals surface area (Å²) in [7, 11) is 0. The maximum atomic E-state index is 12.0. The SMILES string of the molecule is CCCCC(=O)Oc1ccccc1OC(=O)CCC(CC)CC. The number of carbonyl (C=O) groups is 2. The van der Waals surface area contributed by atoms with E-state index in [0.29, 0.717) is 30.3 Å². The van der Waals surface area contributed by atoms with E-state index in [0.717, 1.165) is 32.1 Å². The van der Waals surface area contributed by atoms with Crippen LogP contribution in [0.4, 0.5) is 0 Å². The van der Waals surface area contributed by atoms with Gasteiger partial charge in [-0.25, -0.2) is 0 Å². The molecule has 0 heterocycles. The number of unbranched alkanes of at least 4 members (excludes halogenated alkanes) is 1. The Morgan fingerprint density at radius 3 is 1.91 bits per heavy atom. The minimum atomic E-state index is -0.299. The molecule has 0 unspecified atom stereocenters. The Bertz CT molecular complexity index is 492. The van der Waals surface area contributed by atoms with Gasteiger partial charge in [-0.05, 0) is 30.9 Å². The van der Waals surface area contributed by atoms with Crippen molar-refractivity contribution in [2.24, 2.45) is 5.92 Å². The van der Waals surface area contributed by atoms with Gasteiger partial charge in [0.05, 0.1) is 0 Å². The van der Waals surface area contributed by atoms with E-state index in [9.17, 15) is 9.59 Å². The van der Waals surface area contributed by atoms with E-state index < -0.39 is 0 Å². The molecular weight excluding hydrogens is 292 g/mol. The molecular formula is C19H28O4. The molecule has 0 bridgehead atoms. The van der Waals surface area contributed by atoms with Gasteiger partial charge in [0.15, 0.2) is 11.5 Å². The fourth-order valence-electron chi connectivity index (χ4n) is 2.31. The normalized spacial score (nSPS) is 10.6. The zero-order valence-electron chi connectivity index (χ0n) is 14.5. The van der Waals surface area contributed by atoms with Crippen LogP contribution < -0.4 is 9.47 Å². The number of hydrogen-bond donors (Lipinski definition) is 0. The largest absolute Gasteiger partial charge is 0.423 e. The molecule has 0 spiro atoms. The summed E-state index contributed by atoms with van der Waals surface area (Å²) in [6.45, 7) is 6.28. The van der Waals surface area contributed by atoms with Gasteiger partial charge in [0.2, 0.25) is 0 Å². The molecule has 0 saturated heterocycles. The van der Waals surface area contributed by atoms with Crippen LogP contribution in [0.3, 0.4) is 0 Å². The molecule has 4 heteroatoms. The average Bonchev–Trinajstić information content (AvgIpc) is 2.55. The fourth-order valence-corrected chi connectivity index (χ4v) is 2.31. The van der Waals surface area contributed by atoms with Crippen molar-refractivity contribution in [1.29, 1.82) is 0 Å². The van der Waals surface area contributed by atoms with Gasteiger partial charge in [-0.1, -0.05) is 52.2 Å². The maximum absolute atomic E-state index is 12.0. The van der Waals surface area contributed by atoms with E-state index in [4.69, 9.17) is 9.47 Å². The van der Waals surface area contributed by atoms with Crippen LogP contribution in [0, 0.1) is 5.92 Å². The third-order valence-corrected chi connectivity index (χ3v) is 3.94. The highest BCUT2D eigenvalue weighted by Gasteiger charge is 2.14. The summed E-state index contributed by atoms with van der Waals surface area (Å²) in [6, 6.07) is 6.81. The molecule has 0 N–H and O–H groups in total. The van der Waals surface area contributed by atoms with Gasteiger partial charge in [0.25, 0.3) is 0 Å². The van der Waals surface area contributed by atoms with Crippen LogP contribution in [0.15, 0.2) is 24.3 Å². The monoisotopic (exact) mass is 320 g/mol. The Morgan fingerprint density at radius 2 is 1.43 bits per heavy atom. The lowest BCUT2D eigenvalue weighted by Crippen LogP contribution is -2.13. The smallest absolute Gasteiger partial charge is 0.311 e. The summed E-state index contributed by atoms with van der Waals surface area (Å²) >= 11 is 0. The van der Waals surface area contributed by atoms with Crippen LogP contribution in [0.25, 0.3) is 0 Å². The molecule has 0 aliphatic heterocycles. The zero-order valence-corrected chi connectivity index (χ0v) is 14.5. The Hall–Kier alpha value is -1.84. The third kappa shape index (κ3) is 7.31. The molecule has 0 aliphatic carbocycles. The molecule has 1 aromatic rings. The van der Waals surface area contributed by atoms with Crippen LogP contribution in [0.2, 0.25) is 0 Å². The fraction of sp³-hybridized carbons (Fsp3) is 0.579. The maximum Gasteiger partial charge on any atom is 0.311 e. The molecule has 0 atom stereocenters. The summed E-state index contributed by atoms with van der Waals surface area (Å²) < 4.78 is 10.7. The van der Waals surface area contributed by atoms with E-state index in [1.165, 1.54) is 0 Å². The first-order valence-corrected chi connectivity index (χ1v) is 8.61. The van der Waals surface area contributed by atoms with E-state index in [-0.39, 0.29) is 11.9 Å². The molecule has 0 fully saturated rings. The van der Waals surface area contributed by atoms with Crippen molar-refractivity contribution in [3.05, 3.63) is 24.3 Å². The third-order valence-electron chi connectivity index (χ3n) is 3.94. The second-order valence-electron chi connectivity index (χ2n) is 5.72. The highest BCUT2D eigenvalue weighted by atomic mass is 16.6. The lowest BCUT2D eigenvalue weighted by atomic mass is 9.98. The quantitative estimate of drug-likeness (QED) is 0.454. The predicted octanol–water partition coefficient (Wildman–Crippen LogP) is 4.90. The number of ether oxygens (including phenoxy) is 2. The number of benzene rings is 1. The molecule has 23 heavy (non-hydrogen) atoms. The summed E-state index contributed by atoms with van der Waals surface area (Å²) in [5.41, 5.74) is 0. The number of hydrogen-bond acceptors (Lipinski definition) is 4. The van der Waals surface area contributed by atoms with Crippen LogP contribution in [-0.2, 0) is 9.59 Å². The van der Waals surface area contributed by atoms with Gasteiger partial charge in [0, 0.05) is 12.8 Å². The van der Waals surface area contributed by atoms with Crippen molar-refractivity contribution in [2.75, 3.05) is 0 Å². The minimum Gasteiger partial charge on any atom is -0.423 e. The van der Waals surface area contributed by atoms with Crippen molar-refractivity contribution < 1.29 is 19.1 Å². The lowest BCUT2D eigenvalue weighted by molar-refractivity contribution is -0.137. The van der Waals surface area contributed by atoms with Crippen LogP contribution in [0.1, 0.15) is 65.7 Å². The average molecular weight is 320 g/mol. The Morgan fingerprint density at radius 1 is 0.913 bits per heavy atom. The summed E-state index contributed by atoms with van der Waals surface area (Å²) in [4.78, 5) is 23.7. The van der Waals surface area contributed by atoms with Crippen molar-refractivity contribution in [2.45, 2.75) is 65.7 Å². The highest BCUT2D eigenvalue weighted by Crippen LogP contribution is 2.28. The molecule has 0 aromatic heterocycles. The predicted molar refractivity (Wildman–Crippen MR) is 90.5 cm³/mol. The molecule has 128 valence electrons. The van der Waals surface area contributed by atoms with Gasteiger partial charge in [-0.15, -0.1) is 0 Å². The van der Waals surface area contributed by atoms with Crippen LogP contribution in [0.5, 0.6) is 11.5 Å². The van der Waals surface area contributed by atoms with Crippen molar-refractivity contribution >= 4 is 11.9 Å². The van der Waals surface area contributed by atoms with Gasteiger partial charge >= 0.3 is 11.9 Å². The first-order valence-electron chi connectivity index (χ1n) is 8.61. The molecule has 0 saturated carbocycles. The molecule has 1 rings (SSSR count). The highest BCUT2D eigenvalue weighted by molar-refractivity contribution is 5.76. The van der Waals surface area contributed by atoms with Crippen LogP contribution >= 0.6 is 0 Å². The van der Waals surface area contributed by atoms with Crippen molar-refractivity contribution in [3.8, 4) is 11.5 Å². The van der Waals surface area contributed by atoms with Gasteiger partial charge in [0.1, 0.15) is 0 Å². The minimum absolute atomic E-state index is 0.283. The summed E-state index contributed by atoms with van der Waals surface area (Å²) in [5, 5.41) is 0. The van der Waals surface area contributed by atoms with Gasteiger partial charge in [-0.2, -0.15) is 0 Å². The second-order valence-corrected chi connectivity index (χ2v) is 5.72. The molecule has 4 nitrogen and oxygen atoms in total.